The van der Waals surface area contributed by atoms with E-state index in [1.54, 1.807) is 6.92 Å². The van der Waals surface area contributed by atoms with E-state index < -0.39 is 11.8 Å². The van der Waals surface area contributed by atoms with Gasteiger partial charge in [-0.1, -0.05) is 0 Å². The molecule has 15 heavy (non-hydrogen) atoms. The highest BCUT2D eigenvalue weighted by Gasteiger charge is 2.51. The molecular formula is C8H14Cl2O5. The Morgan fingerprint density at radius 3 is 2.47 bits per heavy atom. The number of hydrogen-bond donors (Lipinski definition) is 1. The smallest absolute Gasteiger partial charge is 0.328 e. The minimum atomic E-state index is -1.43. The molecule has 0 bridgehead atoms. The molecule has 1 fully saturated rings. The minimum Gasteiger partial charge on any atom is -0.396 e. The van der Waals surface area contributed by atoms with Gasteiger partial charge in [-0.3, -0.25) is 4.74 Å². The van der Waals surface area contributed by atoms with E-state index in [1.807, 2.05) is 0 Å². The summed E-state index contributed by atoms with van der Waals surface area (Å²) in [6.07, 6.45) is 0.461. The fourth-order valence-electron chi connectivity index (χ4n) is 0.998. The molecular weight excluding hydrogens is 247 g/mol. The first-order valence-corrected chi connectivity index (χ1v) is 5.60. The Kier molecular flexibility index (Phi) is 5.05. The van der Waals surface area contributed by atoms with Crippen LogP contribution in [0.2, 0.25) is 0 Å². The van der Waals surface area contributed by atoms with Crippen LogP contribution in [0.3, 0.4) is 0 Å². The third-order valence-electron chi connectivity index (χ3n) is 1.75. The molecule has 1 aliphatic rings. The molecule has 5 nitrogen and oxygen atoms in total. The number of hydrogen-bond acceptors (Lipinski definition) is 5. The Hall–Kier alpha value is 0.380. The van der Waals surface area contributed by atoms with E-state index in [4.69, 9.17) is 47.6 Å². The summed E-state index contributed by atoms with van der Waals surface area (Å²) in [7, 11) is 0. The van der Waals surface area contributed by atoms with Gasteiger partial charge in [0.25, 0.3) is 0 Å². The highest BCUT2D eigenvalue weighted by atomic mass is 35.5. The van der Waals surface area contributed by atoms with Gasteiger partial charge in [-0.25, -0.2) is 0 Å². The van der Waals surface area contributed by atoms with E-state index in [0.717, 1.165) is 0 Å². The predicted octanol–water partition coefficient (Wildman–Crippen LogP) is 1.21. The zero-order valence-corrected chi connectivity index (χ0v) is 9.88. The summed E-state index contributed by atoms with van der Waals surface area (Å²) in [6.45, 7) is 1.89. The maximum atomic E-state index is 8.60. The van der Waals surface area contributed by atoms with Crippen LogP contribution in [0.15, 0.2) is 0 Å². The fraction of sp³-hybridized carbons (Fsp3) is 1.00. The molecule has 2 atom stereocenters. The lowest BCUT2D eigenvalue weighted by atomic mass is 10.4. The van der Waals surface area contributed by atoms with E-state index in [0.29, 0.717) is 6.42 Å². The molecule has 0 saturated carbocycles. The molecule has 1 saturated heterocycles. The quantitative estimate of drug-likeness (QED) is 0.442. The van der Waals surface area contributed by atoms with Crippen LogP contribution in [0.4, 0.5) is 0 Å². The Morgan fingerprint density at radius 2 is 2.00 bits per heavy atom. The molecule has 0 aromatic heterocycles. The van der Waals surface area contributed by atoms with Gasteiger partial charge in [-0.05, 0) is 13.3 Å². The lowest BCUT2D eigenvalue weighted by molar-refractivity contribution is -0.407. The summed E-state index contributed by atoms with van der Waals surface area (Å²) in [6, 6.07) is 0. The number of rotatable bonds is 6. The first kappa shape index (κ1) is 13.4. The molecule has 0 aromatic carbocycles. The van der Waals surface area contributed by atoms with E-state index in [-0.39, 0.29) is 25.0 Å². The average molecular weight is 261 g/mol. The van der Waals surface area contributed by atoms with Crippen molar-refractivity contribution in [3.05, 3.63) is 0 Å². The maximum absolute atomic E-state index is 8.60. The van der Waals surface area contributed by atoms with Gasteiger partial charge in [-0.2, -0.15) is 9.78 Å². The van der Waals surface area contributed by atoms with Gasteiger partial charge in [0.15, 0.2) is 0 Å². The monoisotopic (exact) mass is 260 g/mol. The van der Waals surface area contributed by atoms with Crippen LogP contribution >= 0.6 is 23.2 Å². The van der Waals surface area contributed by atoms with Crippen molar-refractivity contribution < 1.29 is 24.4 Å². The van der Waals surface area contributed by atoms with Crippen molar-refractivity contribution in [3.8, 4) is 0 Å². The molecule has 0 unspecified atom stereocenters. The van der Waals surface area contributed by atoms with Gasteiger partial charge < -0.3 is 9.84 Å². The van der Waals surface area contributed by atoms with Crippen LogP contribution in [0.5, 0.6) is 0 Å². The third-order valence-corrected chi connectivity index (χ3v) is 2.56. The minimum absolute atomic E-state index is 0.0198. The van der Waals surface area contributed by atoms with Gasteiger partial charge in [-0.15, -0.1) is 23.2 Å². The molecule has 0 aromatic rings. The molecule has 90 valence electrons. The second-order valence-electron chi connectivity index (χ2n) is 3.28. The zero-order chi connectivity index (χ0) is 11.4. The Bertz CT molecular complexity index is 205. The van der Waals surface area contributed by atoms with Gasteiger partial charge in [0.05, 0.1) is 12.5 Å². The highest BCUT2D eigenvalue weighted by molar-refractivity contribution is 6.18. The first-order valence-electron chi connectivity index (χ1n) is 4.53. The summed E-state index contributed by atoms with van der Waals surface area (Å²) in [5.74, 6) is -2.45. The Morgan fingerprint density at radius 1 is 1.27 bits per heavy atom. The summed E-state index contributed by atoms with van der Waals surface area (Å²) in [5.41, 5.74) is 0. The van der Waals surface area contributed by atoms with Crippen LogP contribution in [0.1, 0.15) is 13.3 Å². The normalized spacial score (nSPS) is 36.0. The van der Waals surface area contributed by atoms with Gasteiger partial charge >= 0.3 is 5.97 Å². The molecule has 1 heterocycles. The first-order chi connectivity index (χ1) is 7.10. The van der Waals surface area contributed by atoms with Crippen molar-refractivity contribution in [2.24, 2.45) is 0 Å². The average Bonchev–Trinajstić information content (AvgIpc) is 2.59. The van der Waals surface area contributed by atoms with Crippen LogP contribution in [-0.2, 0) is 19.2 Å². The molecule has 1 rings (SSSR count). The van der Waals surface area contributed by atoms with Crippen LogP contribution in [0, 0.1) is 0 Å². The number of aliphatic hydroxyl groups is 1. The number of ether oxygens (including phenoxy) is 2. The molecule has 0 spiro atoms. The lowest BCUT2D eigenvalue weighted by Gasteiger charge is -2.24. The predicted molar refractivity (Wildman–Crippen MR) is 53.5 cm³/mol. The number of alkyl halides is 2. The van der Waals surface area contributed by atoms with Crippen LogP contribution < -0.4 is 0 Å². The number of halogens is 2. The van der Waals surface area contributed by atoms with E-state index >= 15 is 0 Å². The van der Waals surface area contributed by atoms with Crippen molar-refractivity contribution in [1.29, 1.82) is 0 Å². The van der Waals surface area contributed by atoms with Crippen molar-refractivity contribution in [1.82, 2.24) is 0 Å². The third kappa shape index (κ3) is 3.42. The van der Waals surface area contributed by atoms with Gasteiger partial charge in [0.1, 0.15) is 5.88 Å². The maximum Gasteiger partial charge on any atom is 0.328 e. The molecule has 7 heteroatoms. The summed E-state index contributed by atoms with van der Waals surface area (Å²) in [4.78, 5) is 9.80. The Labute approximate surface area is 98.1 Å². The SMILES string of the molecule is C[C@@]1(CCl)OO[C@](CCl)(OCCCO)O1. The molecule has 0 aliphatic carbocycles. The summed E-state index contributed by atoms with van der Waals surface area (Å²) in [5, 5.41) is 8.60. The molecule has 0 amide bonds. The topological polar surface area (TPSA) is 57.2 Å². The zero-order valence-electron chi connectivity index (χ0n) is 8.37. The van der Waals surface area contributed by atoms with E-state index in [1.165, 1.54) is 0 Å². The van der Waals surface area contributed by atoms with Crippen molar-refractivity contribution in [2.45, 2.75) is 25.1 Å². The van der Waals surface area contributed by atoms with Crippen LogP contribution in [-0.4, -0.2) is 41.8 Å². The second-order valence-corrected chi connectivity index (χ2v) is 3.81. The highest BCUT2D eigenvalue weighted by Crippen LogP contribution is 2.35. The van der Waals surface area contributed by atoms with Gasteiger partial charge in [0, 0.05) is 6.61 Å². The van der Waals surface area contributed by atoms with Crippen LogP contribution in [0.25, 0.3) is 0 Å². The lowest BCUT2D eigenvalue weighted by Crippen LogP contribution is -2.40. The molecule has 1 aliphatic heterocycles. The molecule has 0 radical (unpaired) electrons. The summed E-state index contributed by atoms with van der Waals surface area (Å²) >= 11 is 11.3. The van der Waals surface area contributed by atoms with Crippen molar-refractivity contribution in [3.63, 3.8) is 0 Å². The standard InChI is InChI=1S/C8H14Cl2O5/c1-7(5-9)13-8(6-10,15-14-7)12-4-2-3-11/h11H,2-6H2,1H3/t7-,8+/m0/s1. The molecule has 1 N–H and O–H groups in total. The second kappa shape index (κ2) is 5.63. The van der Waals surface area contributed by atoms with E-state index in [2.05, 4.69) is 0 Å². The largest absolute Gasteiger partial charge is 0.396 e. The number of aliphatic hydroxyl groups excluding tert-OH is 1. The van der Waals surface area contributed by atoms with Crippen molar-refractivity contribution in [2.75, 3.05) is 25.0 Å². The van der Waals surface area contributed by atoms with Gasteiger partial charge in [0.2, 0.25) is 5.79 Å². The van der Waals surface area contributed by atoms with Crippen molar-refractivity contribution >= 4 is 23.2 Å². The Balaban J connectivity index is 2.49. The summed E-state index contributed by atoms with van der Waals surface area (Å²) < 4.78 is 10.6. The fourth-order valence-corrected chi connectivity index (χ4v) is 1.27. The van der Waals surface area contributed by atoms with E-state index in [9.17, 15) is 0 Å².